The van der Waals surface area contributed by atoms with Crippen LogP contribution in [0, 0.1) is 0 Å². The van der Waals surface area contributed by atoms with Crippen molar-refractivity contribution in [2.75, 3.05) is 23.1 Å². The third kappa shape index (κ3) is 10.9. The fourth-order valence-corrected chi connectivity index (χ4v) is 9.21. The molecular formula is C57H66N6. The van der Waals surface area contributed by atoms with Crippen LogP contribution in [0.1, 0.15) is 108 Å². The van der Waals surface area contributed by atoms with Crippen LogP contribution in [-0.2, 0) is 13.1 Å². The Hall–Kier alpha value is -6.14. The van der Waals surface area contributed by atoms with Crippen molar-refractivity contribution < 1.29 is 0 Å². The lowest BCUT2D eigenvalue weighted by Crippen LogP contribution is -2.20. The zero-order chi connectivity index (χ0) is 43.1. The standard InChI is InChI=1S/C57H66N6/c1-3-5-7-9-22-38-60-54-32-20-18-30-50(54)52-42-46(34-36-56(52)60)44-58-62(48-26-14-11-15-27-48)40-24-13-25-41-63(49-28-16-12-17-29-49)59-45-47-35-37-57-53(43-47)51-31-19-21-33-55(51)61(57)39-23-10-8-6-4-2/h11-12,14-21,26-37,42-45H,3-10,13,22-25,38-41H2,1-2H3/b58-44+,59-45+. The highest BCUT2D eigenvalue weighted by Crippen LogP contribution is 2.32. The summed E-state index contributed by atoms with van der Waals surface area (Å²) in [5, 5.41) is 19.8. The van der Waals surface area contributed by atoms with Crippen molar-refractivity contribution >= 4 is 67.4 Å². The number of aromatic nitrogens is 2. The molecule has 6 heteroatoms. The van der Waals surface area contributed by atoms with E-state index in [1.54, 1.807) is 0 Å². The molecule has 0 spiro atoms. The fourth-order valence-electron chi connectivity index (χ4n) is 9.21. The largest absolute Gasteiger partial charge is 0.340 e. The monoisotopic (exact) mass is 835 g/mol. The average Bonchev–Trinajstić information content (AvgIpc) is 3.82. The summed E-state index contributed by atoms with van der Waals surface area (Å²) in [6, 6.07) is 52.6. The van der Waals surface area contributed by atoms with E-state index in [2.05, 4.69) is 179 Å². The molecule has 0 unspecified atom stereocenters. The summed E-state index contributed by atoms with van der Waals surface area (Å²) in [5.74, 6) is 0. The second-order valence-corrected chi connectivity index (χ2v) is 17.2. The van der Waals surface area contributed by atoms with Crippen molar-refractivity contribution in [3.05, 3.63) is 157 Å². The molecule has 0 fully saturated rings. The Kier molecular flexibility index (Phi) is 15.4. The molecule has 0 bridgehead atoms. The second-order valence-electron chi connectivity index (χ2n) is 17.2. The van der Waals surface area contributed by atoms with Crippen LogP contribution in [0.5, 0.6) is 0 Å². The number of hydrogen-bond acceptors (Lipinski definition) is 4. The zero-order valence-corrected chi connectivity index (χ0v) is 37.7. The van der Waals surface area contributed by atoms with Gasteiger partial charge in [0, 0.05) is 69.8 Å². The van der Waals surface area contributed by atoms with Gasteiger partial charge in [-0.3, -0.25) is 10.0 Å². The lowest BCUT2D eigenvalue weighted by molar-refractivity contribution is 0.584. The van der Waals surface area contributed by atoms with Crippen LogP contribution in [-0.4, -0.2) is 34.7 Å². The minimum atomic E-state index is 0.834. The summed E-state index contributed by atoms with van der Waals surface area (Å²) >= 11 is 0. The molecule has 0 saturated heterocycles. The van der Waals surface area contributed by atoms with Crippen LogP contribution in [0.25, 0.3) is 43.6 Å². The van der Waals surface area contributed by atoms with E-state index in [4.69, 9.17) is 10.2 Å². The minimum absolute atomic E-state index is 0.834. The number of anilines is 2. The van der Waals surface area contributed by atoms with Gasteiger partial charge in [-0.25, -0.2) is 0 Å². The number of fused-ring (bicyclic) bond motifs is 6. The number of aryl methyl sites for hydroxylation is 2. The van der Waals surface area contributed by atoms with E-state index >= 15 is 0 Å². The van der Waals surface area contributed by atoms with Crippen LogP contribution in [0.3, 0.4) is 0 Å². The first-order valence-electron chi connectivity index (χ1n) is 24.0. The van der Waals surface area contributed by atoms with Gasteiger partial charge in [0.15, 0.2) is 0 Å². The number of para-hydroxylation sites is 4. The first-order valence-corrected chi connectivity index (χ1v) is 24.0. The van der Waals surface area contributed by atoms with E-state index in [1.807, 2.05) is 12.4 Å². The zero-order valence-electron chi connectivity index (χ0n) is 37.7. The Morgan fingerprint density at radius 3 is 1.21 bits per heavy atom. The Labute approximate surface area is 375 Å². The molecule has 0 atom stereocenters. The molecule has 0 aliphatic heterocycles. The van der Waals surface area contributed by atoms with E-state index in [9.17, 15) is 0 Å². The van der Waals surface area contributed by atoms with Gasteiger partial charge in [-0.1, -0.05) is 150 Å². The van der Waals surface area contributed by atoms with Gasteiger partial charge in [-0.15, -0.1) is 0 Å². The van der Waals surface area contributed by atoms with Crippen molar-refractivity contribution in [1.29, 1.82) is 0 Å². The minimum Gasteiger partial charge on any atom is -0.340 e. The summed E-state index contributed by atoms with van der Waals surface area (Å²) in [5.41, 5.74) is 9.72. The maximum absolute atomic E-state index is 5.11. The molecule has 0 saturated carbocycles. The van der Waals surface area contributed by atoms with Crippen LogP contribution in [0.2, 0.25) is 0 Å². The molecule has 2 aromatic heterocycles. The number of hydrogen-bond donors (Lipinski definition) is 0. The van der Waals surface area contributed by atoms with Crippen molar-refractivity contribution in [3.8, 4) is 0 Å². The molecule has 8 rings (SSSR count). The van der Waals surface area contributed by atoms with Crippen molar-refractivity contribution in [3.63, 3.8) is 0 Å². The van der Waals surface area contributed by atoms with Gasteiger partial charge in [0.1, 0.15) is 0 Å². The summed E-state index contributed by atoms with van der Waals surface area (Å²) in [7, 11) is 0. The molecule has 2 heterocycles. The maximum atomic E-state index is 5.11. The summed E-state index contributed by atoms with van der Waals surface area (Å²) in [6.45, 7) is 8.34. The first-order chi connectivity index (χ1) is 31.2. The highest BCUT2D eigenvalue weighted by Gasteiger charge is 2.13. The van der Waals surface area contributed by atoms with Crippen LogP contribution in [0.4, 0.5) is 11.4 Å². The molecule has 324 valence electrons. The number of hydrazone groups is 2. The van der Waals surface area contributed by atoms with Gasteiger partial charge in [0.2, 0.25) is 0 Å². The lowest BCUT2D eigenvalue weighted by Gasteiger charge is -2.21. The Morgan fingerprint density at radius 1 is 0.381 bits per heavy atom. The normalized spacial score (nSPS) is 12.0. The Balaban J connectivity index is 0.929. The van der Waals surface area contributed by atoms with E-state index in [0.29, 0.717) is 0 Å². The molecule has 0 aliphatic rings. The predicted molar refractivity (Wildman–Crippen MR) is 273 cm³/mol. The molecule has 0 aliphatic carbocycles. The molecule has 0 N–H and O–H groups in total. The van der Waals surface area contributed by atoms with Crippen molar-refractivity contribution in [2.24, 2.45) is 10.2 Å². The van der Waals surface area contributed by atoms with Gasteiger partial charge in [0.05, 0.1) is 23.8 Å². The van der Waals surface area contributed by atoms with Gasteiger partial charge in [-0.2, -0.15) is 10.2 Å². The van der Waals surface area contributed by atoms with Crippen LogP contribution < -0.4 is 10.0 Å². The lowest BCUT2D eigenvalue weighted by atomic mass is 10.1. The van der Waals surface area contributed by atoms with Crippen LogP contribution in [0.15, 0.2) is 156 Å². The molecular weight excluding hydrogens is 769 g/mol. The predicted octanol–water partition coefficient (Wildman–Crippen LogP) is 15.4. The number of nitrogens with zero attached hydrogens (tertiary/aromatic N) is 6. The first kappa shape index (κ1) is 43.5. The summed E-state index contributed by atoms with van der Waals surface area (Å²) in [6.07, 6.45) is 20.0. The van der Waals surface area contributed by atoms with Gasteiger partial charge in [0.25, 0.3) is 0 Å². The molecule has 8 aromatic rings. The van der Waals surface area contributed by atoms with Gasteiger partial charge in [-0.05, 0) is 104 Å². The fraction of sp³-hybridized carbons (Fsp3) is 0.333. The quantitative estimate of drug-likeness (QED) is 0.0346. The van der Waals surface area contributed by atoms with Crippen LogP contribution >= 0.6 is 0 Å². The number of rotatable bonds is 24. The Bertz CT molecular complexity index is 2520. The SMILES string of the molecule is CCCCCCCn1c2ccccc2c2cc(/C=N/N(CCCCCN(/N=C/c3ccc4c(c3)c3ccccc3n4CCCCCCC)c3ccccc3)c3ccccc3)ccc21. The number of unbranched alkanes of at least 4 members (excludes halogenated alkanes) is 10. The molecule has 0 amide bonds. The van der Waals surface area contributed by atoms with Gasteiger partial charge >= 0.3 is 0 Å². The highest BCUT2D eigenvalue weighted by atomic mass is 15.5. The number of benzene rings is 6. The third-order valence-corrected chi connectivity index (χ3v) is 12.6. The second kappa shape index (κ2) is 22.3. The maximum Gasteiger partial charge on any atom is 0.0593 e. The molecule has 0 radical (unpaired) electrons. The molecule has 6 aromatic carbocycles. The van der Waals surface area contributed by atoms with E-state index in [1.165, 1.54) is 108 Å². The topological polar surface area (TPSA) is 41.1 Å². The summed E-state index contributed by atoms with van der Waals surface area (Å²) < 4.78 is 5.04. The van der Waals surface area contributed by atoms with Crippen molar-refractivity contribution in [2.45, 2.75) is 110 Å². The Morgan fingerprint density at radius 2 is 0.762 bits per heavy atom. The van der Waals surface area contributed by atoms with E-state index in [-0.39, 0.29) is 0 Å². The highest BCUT2D eigenvalue weighted by molar-refractivity contribution is 6.10. The smallest absolute Gasteiger partial charge is 0.0593 e. The summed E-state index contributed by atoms with van der Waals surface area (Å²) in [4.78, 5) is 0. The van der Waals surface area contributed by atoms with Crippen molar-refractivity contribution in [1.82, 2.24) is 9.13 Å². The molecule has 63 heavy (non-hydrogen) atoms. The average molecular weight is 835 g/mol. The molecule has 6 nitrogen and oxygen atoms in total. The van der Waals surface area contributed by atoms with E-state index < -0.39 is 0 Å². The third-order valence-electron chi connectivity index (χ3n) is 12.6. The van der Waals surface area contributed by atoms with Gasteiger partial charge < -0.3 is 9.13 Å². The van der Waals surface area contributed by atoms with E-state index in [0.717, 1.165) is 67.9 Å².